The molecular weight excluding hydrogens is 402 g/mol. The molecule has 164 valence electrons. The molecule has 0 aliphatic carbocycles. The summed E-state index contributed by atoms with van der Waals surface area (Å²) in [5.74, 6) is 0.927. The van der Waals surface area contributed by atoms with Gasteiger partial charge in [-0.2, -0.15) is 0 Å². The van der Waals surface area contributed by atoms with Gasteiger partial charge in [0.2, 0.25) is 0 Å². The van der Waals surface area contributed by atoms with Crippen LogP contribution in [-0.4, -0.2) is 11.1 Å². The first-order valence-electron chi connectivity index (χ1n) is 11.3. The predicted octanol–water partition coefficient (Wildman–Crippen LogP) is 7.83. The smallest absolute Gasteiger partial charge is 0.127 e. The van der Waals surface area contributed by atoms with E-state index in [2.05, 4.69) is 84.9 Å². The van der Waals surface area contributed by atoms with Crippen molar-refractivity contribution >= 4 is 11.6 Å². The first-order chi connectivity index (χ1) is 14.7. The molecule has 1 heterocycles. The molecule has 0 saturated carbocycles. The van der Waals surface area contributed by atoms with Gasteiger partial charge in [0.15, 0.2) is 0 Å². The van der Waals surface area contributed by atoms with E-state index in [4.69, 9.17) is 21.3 Å². The Morgan fingerprint density at radius 1 is 0.935 bits per heavy atom. The number of halogens is 1. The Bertz CT molecular complexity index is 1040. The van der Waals surface area contributed by atoms with E-state index in [9.17, 15) is 0 Å². The number of pyridine rings is 1. The predicted molar refractivity (Wildman–Crippen MR) is 133 cm³/mol. The Morgan fingerprint density at radius 2 is 1.52 bits per heavy atom. The Hall–Kier alpha value is -2.32. The molecule has 2 nitrogen and oxygen atoms in total. The fourth-order valence-electron chi connectivity index (χ4n) is 4.29. The highest BCUT2D eigenvalue weighted by atomic mass is 35.5. The Balaban J connectivity index is 2.15. The van der Waals surface area contributed by atoms with Gasteiger partial charge in [-0.15, -0.1) is 0 Å². The highest BCUT2D eigenvalue weighted by Gasteiger charge is 2.18. The number of rotatable bonds is 7. The molecule has 0 amide bonds. The Labute approximate surface area is 192 Å². The Morgan fingerprint density at radius 3 is 2.03 bits per heavy atom. The molecule has 1 aromatic heterocycles. The van der Waals surface area contributed by atoms with E-state index in [1.165, 1.54) is 22.3 Å². The van der Waals surface area contributed by atoms with Gasteiger partial charge in [-0.1, -0.05) is 55.8 Å². The summed E-state index contributed by atoms with van der Waals surface area (Å²) in [7, 11) is 0. The lowest BCUT2D eigenvalue weighted by Crippen LogP contribution is -2.10. The van der Waals surface area contributed by atoms with Gasteiger partial charge < -0.3 is 4.74 Å². The van der Waals surface area contributed by atoms with E-state index < -0.39 is 0 Å². The van der Waals surface area contributed by atoms with Gasteiger partial charge in [-0.3, -0.25) is 4.98 Å². The fourth-order valence-corrected chi connectivity index (χ4v) is 4.39. The maximum atomic E-state index is 6.39. The van der Waals surface area contributed by atoms with E-state index in [0.717, 1.165) is 58.1 Å². The van der Waals surface area contributed by atoms with Crippen LogP contribution in [0.25, 0.3) is 11.3 Å². The summed E-state index contributed by atoms with van der Waals surface area (Å²) in [5, 5.41) is 0.843. The number of aryl methyl sites for hydroxylation is 5. The summed E-state index contributed by atoms with van der Waals surface area (Å²) in [6, 6.07) is 13.1. The molecule has 0 bridgehead atoms. The summed E-state index contributed by atoms with van der Waals surface area (Å²) in [5.41, 5.74) is 10.5. The Kier molecular flexibility index (Phi) is 7.43. The van der Waals surface area contributed by atoms with Crippen LogP contribution in [0.15, 0.2) is 36.4 Å². The van der Waals surface area contributed by atoms with E-state index in [-0.39, 0.29) is 6.10 Å². The van der Waals surface area contributed by atoms with Crippen LogP contribution in [0.4, 0.5) is 0 Å². The quantitative estimate of drug-likeness (QED) is 0.377. The molecular formula is C28H34ClNO. The largest absolute Gasteiger partial charge is 0.491 e. The van der Waals surface area contributed by atoms with Crippen molar-refractivity contribution in [2.24, 2.45) is 0 Å². The van der Waals surface area contributed by atoms with Crippen molar-refractivity contribution in [3.8, 4) is 17.0 Å². The van der Waals surface area contributed by atoms with Crippen molar-refractivity contribution in [1.82, 2.24) is 4.98 Å². The number of aromatic nitrogens is 1. The third kappa shape index (κ3) is 5.13. The molecule has 0 atom stereocenters. The maximum absolute atomic E-state index is 6.39. The average molecular weight is 436 g/mol. The lowest BCUT2D eigenvalue weighted by Gasteiger charge is -2.20. The summed E-state index contributed by atoms with van der Waals surface area (Å²) in [4.78, 5) is 5.08. The number of hydrogen-bond donors (Lipinski definition) is 0. The van der Waals surface area contributed by atoms with Gasteiger partial charge in [0.1, 0.15) is 5.75 Å². The fraction of sp³-hybridized carbons (Fsp3) is 0.393. The summed E-state index contributed by atoms with van der Waals surface area (Å²) >= 11 is 6.39. The highest BCUT2D eigenvalue weighted by molar-refractivity contribution is 6.32. The second-order valence-electron chi connectivity index (χ2n) is 8.61. The molecule has 3 rings (SSSR count). The zero-order chi connectivity index (χ0) is 22.7. The average Bonchev–Trinajstić information content (AvgIpc) is 2.73. The second kappa shape index (κ2) is 9.87. The number of nitrogens with zero attached hydrogens (tertiary/aromatic N) is 1. The molecule has 0 saturated heterocycles. The minimum atomic E-state index is 0.0918. The van der Waals surface area contributed by atoms with Crippen LogP contribution in [0.2, 0.25) is 5.02 Å². The second-order valence-corrected chi connectivity index (χ2v) is 8.99. The minimum Gasteiger partial charge on any atom is -0.491 e. The molecule has 2 aromatic carbocycles. The van der Waals surface area contributed by atoms with Crippen molar-refractivity contribution in [1.29, 1.82) is 0 Å². The first kappa shape index (κ1) is 23.3. The lowest BCUT2D eigenvalue weighted by atomic mass is 9.93. The van der Waals surface area contributed by atoms with E-state index in [0.29, 0.717) is 0 Å². The summed E-state index contributed by atoms with van der Waals surface area (Å²) in [6.07, 6.45) is 2.83. The zero-order valence-electron chi connectivity index (χ0n) is 19.9. The minimum absolute atomic E-state index is 0.0918. The molecule has 0 spiro atoms. The van der Waals surface area contributed by atoms with Crippen molar-refractivity contribution in [3.05, 3.63) is 80.5 Å². The van der Waals surface area contributed by atoms with Crippen molar-refractivity contribution in [2.75, 3.05) is 0 Å². The van der Waals surface area contributed by atoms with Gasteiger partial charge in [0, 0.05) is 34.3 Å². The van der Waals surface area contributed by atoms with Crippen LogP contribution < -0.4 is 4.74 Å². The zero-order valence-corrected chi connectivity index (χ0v) is 20.7. The molecule has 0 aliphatic heterocycles. The number of hydrogen-bond acceptors (Lipinski definition) is 2. The standard InChI is InChI=1S/C28H34ClNO/c1-8-22-11-10-12-23(9-2)27(22)25-16-26(31-17(3)4)24(20(7)30-25)15-21-13-18(5)28(29)19(6)14-21/h10-14,16-17H,8-9,15H2,1-7H3. The first-order valence-corrected chi connectivity index (χ1v) is 11.7. The topological polar surface area (TPSA) is 22.1 Å². The summed E-state index contributed by atoms with van der Waals surface area (Å²) < 4.78 is 6.33. The lowest BCUT2D eigenvalue weighted by molar-refractivity contribution is 0.240. The van der Waals surface area contributed by atoms with Crippen LogP contribution in [0.1, 0.15) is 66.8 Å². The number of benzene rings is 2. The normalized spacial score (nSPS) is 11.3. The van der Waals surface area contributed by atoms with Gasteiger partial charge >= 0.3 is 0 Å². The van der Waals surface area contributed by atoms with Crippen molar-refractivity contribution < 1.29 is 4.74 Å². The third-order valence-corrected chi connectivity index (χ3v) is 6.38. The van der Waals surface area contributed by atoms with Crippen LogP contribution in [0.3, 0.4) is 0 Å². The molecule has 0 fully saturated rings. The van der Waals surface area contributed by atoms with Gasteiger partial charge in [-0.25, -0.2) is 0 Å². The van der Waals surface area contributed by atoms with Crippen LogP contribution in [-0.2, 0) is 19.3 Å². The molecule has 0 radical (unpaired) electrons. The molecule has 0 aliphatic rings. The van der Waals surface area contributed by atoms with Crippen molar-refractivity contribution in [2.45, 2.75) is 73.8 Å². The maximum Gasteiger partial charge on any atom is 0.127 e. The monoisotopic (exact) mass is 435 g/mol. The highest BCUT2D eigenvalue weighted by Crippen LogP contribution is 2.35. The van der Waals surface area contributed by atoms with E-state index in [1.54, 1.807) is 0 Å². The molecule has 3 heteroatoms. The molecule has 0 N–H and O–H groups in total. The van der Waals surface area contributed by atoms with Crippen LogP contribution in [0, 0.1) is 20.8 Å². The summed E-state index contributed by atoms with van der Waals surface area (Å²) in [6.45, 7) is 14.8. The third-order valence-electron chi connectivity index (χ3n) is 5.78. The van der Waals surface area contributed by atoms with Gasteiger partial charge in [-0.05, 0) is 75.3 Å². The van der Waals surface area contributed by atoms with E-state index >= 15 is 0 Å². The van der Waals surface area contributed by atoms with E-state index in [1.807, 2.05) is 0 Å². The van der Waals surface area contributed by atoms with Crippen molar-refractivity contribution in [3.63, 3.8) is 0 Å². The van der Waals surface area contributed by atoms with Gasteiger partial charge in [0.25, 0.3) is 0 Å². The number of ether oxygens (including phenoxy) is 1. The molecule has 31 heavy (non-hydrogen) atoms. The SMILES string of the molecule is CCc1cccc(CC)c1-c1cc(OC(C)C)c(Cc2cc(C)c(Cl)c(C)c2)c(C)n1. The molecule has 3 aromatic rings. The van der Waals surface area contributed by atoms with Gasteiger partial charge in [0.05, 0.1) is 11.8 Å². The van der Waals surface area contributed by atoms with Crippen LogP contribution in [0.5, 0.6) is 5.75 Å². The molecule has 0 unspecified atom stereocenters. The van der Waals surface area contributed by atoms with Crippen LogP contribution >= 0.6 is 11.6 Å².